The van der Waals surface area contributed by atoms with Crippen molar-refractivity contribution in [3.8, 4) is 23.0 Å². The van der Waals surface area contributed by atoms with Gasteiger partial charge in [0.1, 0.15) is 18.1 Å². The van der Waals surface area contributed by atoms with Crippen LogP contribution in [-0.2, 0) is 13.2 Å². The number of amides is 1. The molecule has 0 aliphatic rings. The van der Waals surface area contributed by atoms with E-state index in [1.807, 2.05) is 48.5 Å². The number of ether oxygens (including phenoxy) is 4. The maximum absolute atomic E-state index is 12.9. The summed E-state index contributed by atoms with van der Waals surface area (Å²) in [4.78, 5) is 12.9. The van der Waals surface area contributed by atoms with Crippen molar-refractivity contribution < 1.29 is 23.7 Å². The van der Waals surface area contributed by atoms with E-state index in [4.69, 9.17) is 18.9 Å². The number of carbonyl (C=O) groups is 1. The molecule has 1 amide bonds. The van der Waals surface area contributed by atoms with Gasteiger partial charge in [0.15, 0.2) is 11.5 Å². The summed E-state index contributed by atoms with van der Waals surface area (Å²) in [7, 11) is 4.70. The monoisotopic (exact) mass is 407 g/mol. The first-order valence-corrected chi connectivity index (χ1v) is 9.49. The first-order chi connectivity index (χ1) is 14.7. The highest BCUT2D eigenvalue weighted by atomic mass is 16.5. The van der Waals surface area contributed by atoms with Crippen molar-refractivity contribution >= 4 is 5.91 Å². The maximum Gasteiger partial charge on any atom is 0.251 e. The van der Waals surface area contributed by atoms with Crippen LogP contribution in [0.3, 0.4) is 0 Å². The van der Waals surface area contributed by atoms with Gasteiger partial charge >= 0.3 is 0 Å². The van der Waals surface area contributed by atoms with E-state index in [1.165, 1.54) is 0 Å². The lowest BCUT2D eigenvalue weighted by atomic mass is 10.1. The fraction of sp³-hybridized carbons (Fsp3) is 0.208. The number of rotatable bonds is 9. The number of hydrogen-bond donors (Lipinski definition) is 1. The zero-order chi connectivity index (χ0) is 21.3. The summed E-state index contributed by atoms with van der Waals surface area (Å²) in [5.74, 6) is 2.29. The lowest BCUT2D eigenvalue weighted by molar-refractivity contribution is 0.0948. The molecule has 0 radical (unpaired) electrons. The van der Waals surface area contributed by atoms with E-state index < -0.39 is 0 Å². The summed E-state index contributed by atoms with van der Waals surface area (Å²) in [5, 5.41) is 2.95. The highest BCUT2D eigenvalue weighted by Crippen LogP contribution is 2.34. The van der Waals surface area contributed by atoms with Crippen LogP contribution in [0, 0.1) is 0 Å². The summed E-state index contributed by atoms with van der Waals surface area (Å²) in [5.41, 5.74) is 2.15. The molecule has 3 aromatic carbocycles. The number of nitrogens with one attached hydrogen (secondary N) is 1. The third-order valence-corrected chi connectivity index (χ3v) is 4.63. The van der Waals surface area contributed by atoms with E-state index in [0.29, 0.717) is 29.4 Å². The molecule has 0 bridgehead atoms. The quantitative estimate of drug-likeness (QED) is 0.575. The first-order valence-electron chi connectivity index (χ1n) is 9.49. The van der Waals surface area contributed by atoms with Gasteiger partial charge in [0.2, 0.25) is 0 Å². The number of methoxy groups -OCH3 is 3. The van der Waals surface area contributed by atoms with Crippen molar-refractivity contribution in [1.29, 1.82) is 0 Å². The summed E-state index contributed by atoms with van der Waals surface area (Å²) >= 11 is 0. The fourth-order valence-corrected chi connectivity index (χ4v) is 3.05. The molecule has 3 aromatic rings. The van der Waals surface area contributed by atoms with Gasteiger partial charge in [0, 0.05) is 29.3 Å². The minimum Gasteiger partial charge on any atom is -0.496 e. The molecule has 0 fully saturated rings. The largest absolute Gasteiger partial charge is 0.496 e. The van der Waals surface area contributed by atoms with Crippen LogP contribution in [0.1, 0.15) is 21.5 Å². The Labute approximate surface area is 176 Å². The molecule has 0 heterocycles. The normalized spacial score (nSPS) is 10.2. The highest BCUT2D eigenvalue weighted by molar-refractivity contribution is 5.95. The minimum atomic E-state index is -0.195. The average Bonchev–Trinajstić information content (AvgIpc) is 2.81. The van der Waals surface area contributed by atoms with Gasteiger partial charge in [-0.05, 0) is 24.3 Å². The zero-order valence-electron chi connectivity index (χ0n) is 17.3. The second kappa shape index (κ2) is 10.2. The number of hydrogen-bond acceptors (Lipinski definition) is 5. The molecule has 0 unspecified atom stereocenters. The van der Waals surface area contributed by atoms with Crippen LogP contribution in [0.5, 0.6) is 23.0 Å². The molecule has 0 aliphatic heterocycles. The van der Waals surface area contributed by atoms with Gasteiger partial charge < -0.3 is 24.3 Å². The summed E-state index contributed by atoms with van der Waals surface area (Å²) in [6.45, 7) is 0.573. The molecule has 0 spiro atoms. The van der Waals surface area contributed by atoms with Gasteiger partial charge in [-0.1, -0.05) is 36.4 Å². The van der Waals surface area contributed by atoms with Crippen molar-refractivity contribution in [3.63, 3.8) is 0 Å². The average molecular weight is 407 g/mol. The van der Waals surface area contributed by atoms with Crippen molar-refractivity contribution in [2.75, 3.05) is 21.3 Å². The molecule has 0 aromatic heterocycles. The van der Waals surface area contributed by atoms with E-state index in [0.717, 1.165) is 16.9 Å². The van der Waals surface area contributed by atoms with E-state index in [2.05, 4.69) is 5.32 Å². The molecule has 30 heavy (non-hydrogen) atoms. The molecule has 156 valence electrons. The van der Waals surface area contributed by atoms with Crippen LogP contribution in [-0.4, -0.2) is 27.2 Å². The third kappa shape index (κ3) is 5.03. The van der Waals surface area contributed by atoms with E-state index in [-0.39, 0.29) is 12.5 Å². The van der Waals surface area contributed by atoms with Crippen LogP contribution in [0.2, 0.25) is 0 Å². The Hall–Kier alpha value is -3.67. The van der Waals surface area contributed by atoms with Gasteiger partial charge in [-0.25, -0.2) is 0 Å². The maximum atomic E-state index is 12.9. The molecule has 6 heteroatoms. The zero-order valence-corrected chi connectivity index (χ0v) is 17.3. The van der Waals surface area contributed by atoms with Gasteiger partial charge in [0.25, 0.3) is 5.91 Å². The van der Waals surface area contributed by atoms with Gasteiger partial charge in [-0.3, -0.25) is 4.79 Å². The number of para-hydroxylation sites is 1. The van der Waals surface area contributed by atoms with E-state index >= 15 is 0 Å². The molecule has 0 atom stereocenters. The van der Waals surface area contributed by atoms with Crippen molar-refractivity contribution in [2.45, 2.75) is 13.2 Å². The van der Waals surface area contributed by atoms with Crippen LogP contribution < -0.4 is 24.3 Å². The lowest BCUT2D eigenvalue weighted by Crippen LogP contribution is -2.24. The second-order valence-electron chi connectivity index (χ2n) is 6.46. The Kier molecular flexibility index (Phi) is 7.16. The highest BCUT2D eigenvalue weighted by Gasteiger charge is 2.15. The molecular weight excluding hydrogens is 382 g/mol. The summed E-state index contributed by atoms with van der Waals surface area (Å²) < 4.78 is 21.9. The van der Waals surface area contributed by atoms with Gasteiger partial charge in [0.05, 0.1) is 21.3 Å². The smallest absolute Gasteiger partial charge is 0.251 e. The molecular formula is C24H25NO5. The van der Waals surface area contributed by atoms with E-state index in [9.17, 15) is 4.79 Å². The minimum absolute atomic E-state index is 0.195. The fourth-order valence-electron chi connectivity index (χ4n) is 3.05. The predicted molar refractivity (Wildman–Crippen MR) is 114 cm³/mol. The number of benzene rings is 3. The second-order valence-corrected chi connectivity index (χ2v) is 6.46. The Morgan fingerprint density at radius 2 is 1.40 bits per heavy atom. The molecule has 0 saturated carbocycles. The molecule has 0 saturated heterocycles. The standard InChI is InChI=1S/C24H25NO5/c1-27-21-14-23(29-3)22(28-2)13-18(21)15-25-24(26)20-12-8-7-9-17(20)16-30-19-10-5-4-6-11-19/h4-14H,15-16H2,1-3H3,(H,25,26). The first kappa shape index (κ1) is 21.0. The Balaban J connectivity index is 1.72. The molecule has 0 aliphatic carbocycles. The summed E-state index contributed by atoms with van der Waals surface area (Å²) in [6, 6.07) is 20.4. The molecule has 3 rings (SSSR count). The Bertz CT molecular complexity index is 988. The molecule has 1 N–H and O–H groups in total. The number of carbonyl (C=O) groups excluding carboxylic acids is 1. The SMILES string of the molecule is COc1cc(OC)c(OC)cc1CNC(=O)c1ccccc1COc1ccccc1. The predicted octanol–water partition coefficient (Wildman–Crippen LogP) is 4.22. The lowest BCUT2D eigenvalue weighted by Gasteiger charge is -2.15. The van der Waals surface area contributed by atoms with Crippen molar-refractivity contribution in [1.82, 2.24) is 5.32 Å². The Morgan fingerprint density at radius 1 is 0.767 bits per heavy atom. The van der Waals surface area contributed by atoms with Crippen LogP contribution in [0.4, 0.5) is 0 Å². The van der Waals surface area contributed by atoms with Gasteiger partial charge in [-0.15, -0.1) is 0 Å². The van der Waals surface area contributed by atoms with E-state index in [1.54, 1.807) is 39.5 Å². The van der Waals surface area contributed by atoms with Gasteiger partial charge in [-0.2, -0.15) is 0 Å². The topological polar surface area (TPSA) is 66.0 Å². The Morgan fingerprint density at radius 3 is 2.10 bits per heavy atom. The van der Waals surface area contributed by atoms with Crippen LogP contribution >= 0.6 is 0 Å². The molecule has 6 nitrogen and oxygen atoms in total. The van der Waals surface area contributed by atoms with Crippen LogP contribution in [0.25, 0.3) is 0 Å². The van der Waals surface area contributed by atoms with Crippen molar-refractivity contribution in [2.24, 2.45) is 0 Å². The van der Waals surface area contributed by atoms with Crippen molar-refractivity contribution in [3.05, 3.63) is 83.4 Å². The summed E-state index contributed by atoms with van der Waals surface area (Å²) in [6.07, 6.45) is 0. The third-order valence-electron chi connectivity index (χ3n) is 4.63. The van der Waals surface area contributed by atoms with Crippen LogP contribution in [0.15, 0.2) is 66.7 Å².